The smallest absolute Gasteiger partial charge is 0.230 e. The average molecular weight is 333 g/mol. The third kappa shape index (κ3) is 4.82. The first-order chi connectivity index (χ1) is 12.4. The fraction of sp³-hybridized carbons (Fsp3) is 0.348. The van der Waals surface area contributed by atoms with E-state index in [9.17, 15) is 0 Å². The Morgan fingerprint density at radius 2 is 1.56 bits per heavy atom. The molecule has 0 spiro atoms. The van der Waals surface area contributed by atoms with Gasteiger partial charge in [-0.2, -0.15) is 0 Å². The number of benzene rings is 2. The molecule has 3 rings (SSSR count). The van der Waals surface area contributed by atoms with E-state index in [1.54, 1.807) is 0 Å². The van der Waals surface area contributed by atoms with Gasteiger partial charge in [-0.05, 0) is 43.4 Å². The van der Waals surface area contributed by atoms with E-state index in [1.165, 1.54) is 36.2 Å². The lowest BCUT2D eigenvalue weighted by atomic mass is 10.1. The summed E-state index contributed by atoms with van der Waals surface area (Å²) in [5, 5.41) is 0. The van der Waals surface area contributed by atoms with Crippen molar-refractivity contribution in [3.63, 3.8) is 0 Å². The van der Waals surface area contributed by atoms with Crippen molar-refractivity contribution < 1.29 is 4.57 Å². The molecule has 0 saturated heterocycles. The standard InChI is InChI=1S/C23H29N2/c1-2-3-10-17-24-19-20-25(23(24)22-15-8-5-9-16-22)18-11-14-21-12-6-4-7-13-21/h4-9,12-13,15-16,19-20H,2-3,10-11,14,17-18H2,1H3/q+1. The number of rotatable bonds is 9. The van der Waals surface area contributed by atoms with Gasteiger partial charge < -0.3 is 0 Å². The van der Waals surface area contributed by atoms with E-state index in [1.807, 2.05) is 0 Å². The normalized spacial score (nSPS) is 10.9. The highest BCUT2D eigenvalue weighted by atomic mass is 15.1. The van der Waals surface area contributed by atoms with Crippen molar-refractivity contribution in [2.45, 2.75) is 52.1 Å². The van der Waals surface area contributed by atoms with E-state index in [2.05, 4.69) is 89.1 Å². The molecular formula is C23H29N2+. The Morgan fingerprint density at radius 1 is 0.840 bits per heavy atom. The van der Waals surface area contributed by atoms with Gasteiger partial charge in [-0.1, -0.05) is 61.9 Å². The van der Waals surface area contributed by atoms with Crippen molar-refractivity contribution in [3.8, 4) is 11.4 Å². The van der Waals surface area contributed by atoms with Crippen molar-refractivity contribution in [1.29, 1.82) is 0 Å². The minimum Gasteiger partial charge on any atom is -0.230 e. The Balaban J connectivity index is 1.73. The molecule has 2 heteroatoms. The zero-order valence-electron chi connectivity index (χ0n) is 15.3. The molecule has 0 saturated carbocycles. The summed E-state index contributed by atoms with van der Waals surface area (Å²) in [5.41, 5.74) is 2.73. The highest BCUT2D eigenvalue weighted by Crippen LogP contribution is 2.17. The van der Waals surface area contributed by atoms with Gasteiger partial charge in [-0.25, -0.2) is 9.13 Å². The molecule has 0 amide bonds. The Hall–Kier alpha value is -2.35. The summed E-state index contributed by atoms with van der Waals surface area (Å²) < 4.78 is 4.84. The third-order valence-corrected chi connectivity index (χ3v) is 4.71. The summed E-state index contributed by atoms with van der Waals surface area (Å²) in [6, 6.07) is 21.6. The van der Waals surface area contributed by atoms with Gasteiger partial charge in [0.25, 0.3) is 5.82 Å². The van der Waals surface area contributed by atoms with Crippen LogP contribution in [0.1, 0.15) is 38.2 Å². The molecule has 0 aliphatic rings. The van der Waals surface area contributed by atoms with Crippen LogP contribution in [0.4, 0.5) is 0 Å². The van der Waals surface area contributed by atoms with Crippen LogP contribution in [0.5, 0.6) is 0 Å². The van der Waals surface area contributed by atoms with Crippen LogP contribution in [0.3, 0.4) is 0 Å². The summed E-state index contributed by atoms with van der Waals surface area (Å²) in [5.74, 6) is 1.34. The van der Waals surface area contributed by atoms with Crippen molar-refractivity contribution in [1.82, 2.24) is 4.57 Å². The van der Waals surface area contributed by atoms with E-state index in [0.29, 0.717) is 0 Å². The second-order valence-corrected chi connectivity index (χ2v) is 6.67. The molecular weight excluding hydrogens is 304 g/mol. The number of aryl methyl sites for hydroxylation is 3. The molecule has 0 N–H and O–H groups in total. The highest BCUT2D eigenvalue weighted by Gasteiger charge is 2.18. The number of hydrogen-bond donors (Lipinski definition) is 0. The highest BCUT2D eigenvalue weighted by molar-refractivity contribution is 5.52. The summed E-state index contributed by atoms with van der Waals surface area (Å²) in [4.78, 5) is 0. The van der Waals surface area contributed by atoms with Crippen LogP contribution in [0, 0.1) is 0 Å². The Bertz CT molecular complexity index is 744. The van der Waals surface area contributed by atoms with Crippen LogP contribution < -0.4 is 4.57 Å². The lowest BCUT2D eigenvalue weighted by Crippen LogP contribution is -2.35. The van der Waals surface area contributed by atoms with Gasteiger partial charge in [0, 0.05) is 0 Å². The molecule has 0 fully saturated rings. The second kappa shape index (κ2) is 9.22. The van der Waals surface area contributed by atoms with E-state index in [-0.39, 0.29) is 0 Å². The van der Waals surface area contributed by atoms with E-state index >= 15 is 0 Å². The maximum Gasteiger partial charge on any atom is 0.288 e. The van der Waals surface area contributed by atoms with Crippen LogP contribution in [-0.4, -0.2) is 4.57 Å². The monoisotopic (exact) mass is 333 g/mol. The molecule has 0 aliphatic heterocycles. The molecule has 2 aromatic carbocycles. The average Bonchev–Trinajstić information content (AvgIpc) is 3.06. The van der Waals surface area contributed by atoms with Gasteiger partial charge in [0.15, 0.2) is 0 Å². The molecule has 2 nitrogen and oxygen atoms in total. The molecule has 0 aliphatic carbocycles. The SMILES string of the molecule is CCCCCn1cc[n+](CCCc2ccccc2)c1-c1ccccc1. The quantitative estimate of drug-likeness (QED) is 0.373. The van der Waals surface area contributed by atoms with Crippen molar-refractivity contribution in [3.05, 3.63) is 78.6 Å². The first kappa shape index (κ1) is 17.5. The summed E-state index contributed by atoms with van der Waals surface area (Å²) >= 11 is 0. The maximum atomic E-state index is 2.42. The Kier molecular flexibility index (Phi) is 6.44. The second-order valence-electron chi connectivity index (χ2n) is 6.67. The van der Waals surface area contributed by atoms with Crippen LogP contribution in [0.25, 0.3) is 11.4 Å². The predicted molar refractivity (Wildman–Crippen MR) is 104 cm³/mol. The van der Waals surface area contributed by atoms with Gasteiger partial charge >= 0.3 is 0 Å². The lowest BCUT2D eigenvalue weighted by molar-refractivity contribution is -0.685. The van der Waals surface area contributed by atoms with Gasteiger partial charge in [-0.15, -0.1) is 0 Å². The molecule has 0 unspecified atom stereocenters. The minimum absolute atomic E-state index is 1.06. The first-order valence-electron chi connectivity index (χ1n) is 9.56. The largest absolute Gasteiger partial charge is 0.288 e. The van der Waals surface area contributed by atoms with Gasteiger partial charge in [0.05, 0.1) is 18.7 Å². The molecule has 25 heavy (non-hydrogen) atoms. The van der Waals surface area contributed by atoms with Crippen LogP contribution in [0.2, 0.25) is 0 Å². The van der Waals surface area contributed by atoms with Gasteiger partial charge in [0.1, 0.15) is 12.4 Å². The van der Waals surface area contributed by atoms with Crippen molar-refractivity contribution >= 4 is 0 Å². The van der Waals surface area contributed by atoms with Gasteiger partial charge in [0.2, 0.25) is 0 Å². The topological polar surface area (TPSA) is 8.81 Å². The van der Waals surface area contributed by atoms with E-state index in [0.717, 1.165) is 25.9 Å². The summed E-state index contributed by atoms with van der Waals surface area (Å²) in [6.07, 6.45) is 10.6. The molecule has 3 aromatic rings. The summed E-state index contributed by atoms with van der Waals surface area (Å²) in [7, 11) is 0. The van der Waals surface area contributed by atoms with E-state index in [4.69, 9.17) is 0 Å². The van der Waals surface area contributed by atoms with Crippen LogP contribution in [0.15, 0.2) is 73.1 Å². The number of nitrogens with zero attached hydrogens (tertiary/aromatic N) is 2. The lowest BCUT2D eigenvalue weighted by Gasteiger charge is -2.06. The fourth-order valence-electron chi connectivity index (χ4n) is 3.38. The zero-order chi connectivity index (χ0) is 17.3. The number of imidazole rings is 1. The van der Waals surface area contributed by atoms with Crippen LogP contribution >= 0.6 is 0 Å². The molecule has 1 aromatic heterocycles. The van der Waals surface area contributed by atoms with E-state index < -0.39 is 0 Å². The maximum absolute atomic E-state index is 2.42. The van der Waals surface area contributed by atoms with Crippen LogP contribution in [-0.2, 0) is 19.5 Å². The third-order valence-electron chi connectivity index (χ3n) is 4.71. The first-order valence-corrected chi connectivity index (χ1v) is 9.56. The molecule has 0 atom stereocenters. The minimum atomic E-state index is 1.06. The fourth-order valence-corrected chi connectivity index (χ4v) is 3.38. The number of aromatic nitrogens is 2. The molecule has 0 bridgehead atoms. The Labute approximate surface area is 151 Å². The predicted octanol–water partition coefficient (Wildman–Crippen LogP) is 5.27. The molecule has 130 valence electrons. The van der Waals surface area contributed by atoms with Gasteiger partial charge in [-0.3, -0.25) is 0 Å². The molecule has 1 heterocycles. The molecule has 0 radical (unpaired) electrons. The Morgan fingerprint density at radius 3 is 2.28 bits per heavy atom. The zero-order valence-corrected chi connectivity index (χ0v) is 15.3. The summed E-state index contributed by atoms with van der Waals surface area (Å²) in [6.45, 7) is 4.42. The number of unbranched alkanes of at least 4 members (excludes halogenated alkanes) is 2. The van der Waals surface area contributed by atoms with Crippen molar-refractivity contribution in [2.24, 2.45) is 0 Å². The van der Waals surface area contributed by atoms with Crippen molar-refractivity contribution in [2.75, 3.05) is 0 Å². The number of hydrogen-bond acceptors (Lipinski definition) is 0.